The monoisotopic (exact) mass is 247 g/mol. The van der Waals surface area contributed by atoms with Gasteiger partial charge in [0, 0.05) is 31.0 Å². The summed E-state index contributed by atoms with van der Waals surface area (Å²) in [5, 5.41) is 3.36. The molecule has 0 saturated carbocycles. The van der Waals surface area contributed by atoms with E-state index < -0.39 is 0 Å². The fourth-order valence-electron chi connectivity index (χ4n) is 2.88. The number of hydrogen-bond donors (Lipinski definition) is 1. The Bertz CT molecular complexity index is 453. The second-order valence-electron chi connectivity index (χ2n) is 5.41. The summed E-state index contributed by atoms with van der Waals surface area (Å²) in [4.78, 5) is 9.54. The van der Waals surface area contributed by atoms with Crippen LogP contribution < -0.4 is 5.32 Å². The molecule has 1 fully saturated rings. The lowest BCUT2D eigenvalue weighted by molar-refractivity contribution is -0.0762. The molecule has 1 atom stereocenters. The molecule has 0 spiro atoms. The van der Waals surface area contributed by atoms with E-state index in [1.165, 1.54) is 23.4 Å². The summed E-state index contributed by atoms with van der Waals surface area (Å²) >= 11 is 0. The van der Waals surface area contributed by atoms with Crippen molar-refractivity contribution in [3.05, 3.63) is 22.8 Å². The van der Waals surface area contributed by atoms with Gasteiger partial charge < -0.3 is 10.1 Å². The van der Waals surface area contributed by atoms with Crippen molar-refractivity contribution in [2.75, 3.05) is 6.61 Å². The number of fused-ring (bicyclic) bond motifs is 1. The van der Waals surface area contributed by atoms with Crippen molar-refractivity contribution in [3.63, 3.8) is 0 Å². The van der Waals surface area contributed by atoms with Crippen LogP contribution in [0.4, 0.5) is 0 Å². The van der Waals surface area contributed by atoms with Gasteiger partial charge >= 0.3 is 0 Å². The van der Waals surface area contributed by atoms with Crippen molar-refractivity contribution >= 4 is 0 Å². The summed E-state index contributed by atoms with van der Waals surface area (Å²) in [5.74, 6) is 0.890. The number of hydrogen-bond acceptors (Lipinski definition) is 4. The van der Waals surface area contributed by atoms with Crippen LogP contribution in [0.15, 0.2) is 0 Å². The first-order valence-corrected chi connectivity index (χ1v) is 6.97. The van der Waals surface area contributed by atoms with Gasteiger partial charge in [-0.25, -0.2) is 9.97 Å². The van der Waals surface area contributed by atoms with Crippen LogP contribution in [0.25, 0.3) is 0 Å². The van der Waals surface area contributed by atoms with Crippen LogP contribution in [-0.4, -0.2) is 16.6 Å². The molecule has 1 aromatic heterocycles. The van der Waals surface area contributed by atoms with Gasteiger partial charge in [-0.2, -0.15) is 0 Å². The largest absolute Gasteiger partial charge is 0.367 e. The molecule has 98 valence electrons. The Kier molecular flexibility index (Phi) is 3.08. The van der Waals surface area contributed by atoms with Crippen LogP contribution >= 0.6 is 0 Å². The van der Waals surface area contributed by atoms with Crippen molar-refractivity contribution < 1.29 is 4.74 Å². The molecule has 3 rings (SSSR count). The predicted octanol–water partition coefficient (Wildman–Crippen LogP) is 2.06. The molecular weight excluding hydrogens is 226 g/mol. The van der Waals surface area contributed by atoms with Crippen LogP contribution in [0.3, 0.4) is 0 Å². The zero-order chi connectivity index (χ0) is 12.6. The topological polar surface area (TPSA) is 47.0 Å². The number of aromatic nitrogens is 2. The number of ether oxygens (including phenoxy) is 1. The van der Waals surface area contributed by atoms with Crippen molar-refractivity contribution in [3.8, 4) is 0 Å². The van der Waals surface area contributed by atoms with Crippen LogP contribution in [0.1, 0.15) is 55.9 Å². The van der Waals surface area contributed by atoms with Crippen LogP contribution in [0, 0.1) is 0 Å². The molecule has 0 aromatic carbocycles. The second kappa shape index (κ2) is 4.59. The third-order valence-corrected chi connectivity index (χ3v) is 4.05. The fourth-order valence-corrected chi connectivity index (χ4v) is 2.88. The quantitative estimate of drug-likeness (QED) is 0.869. The summed E-state index contributed by atoms with van der Waals surface area (Å²) < 4.78 is 5.97. The molecule has 0 radical (unpaired) electrons. The maximum Gasteiger partial charge on any atom is 0.160 e. The van der Waals surface area contributed by atoms with E-state index in [2.05, 4.69) is 19.2 Å². The van der Waals surface area contributed by atoms with E-state index in [4.69, 9.17) is 14.7 Å². The summed E-state index contributed by atoms with van der Waals surface area (Å²) in [6.45, 7) is 6.91. The molecule has 1 N–H and O–H groups in total. The van der Waals surface area contributed by atoms with E-state index in [0.29, 0.717) is 0 Å². The number of aryl methyl sites for hydroxylation is 1. The van der Waals surface area contributed by atoms with Gasteiger partial charge in [-0.3, -0.25) is 0 Å². The Morgan fingerprint density at radius 2 is 2.17 bits per heavy atom. The third kappa shape index (κ3) is 1.93. The number of nitrogens with one attached hydrogen (secondary N) is 1. The Morgan fingerprint density at radius 3 is 2.89 bits per heavy atom. The maximum absolute atomic E-state index is 5.97. The Hall–Kier alpha value is -1.00. The molecule has 1 aromatic rings. The molecule has 0 amide bonds. The van der Waals surface area contributed by atoms with E-state index >= 15 is 0 Å². The molecule has 4 nitrogen and oxygen atoms in total. The van der Waals surface area contributed by atoms with Gasteiger partial charge in [0.2, 0.25) is 0 Å². The number of rotatable bonds is 2. The first-order chi connectivity index (χ1) is 8.73. The van der Waals surface area contributed by atoms with Crippen LogP contribution in [0.5, 0.6) is 0 Å². The standard InChI is InChI=1S/C14H21N3O/c1-3-11-10-8-15-9-12(10)17-13(16-11)14(2)6-4-5-7-18-14/h15H,3-9H2,1-2H3. The molecule has 0 bridgehead atoms. The van der Waals surface area contributed by atoms with Gasteiger partial charge in [0.1, 0.15) is 5.60 Å². The lowest BCUT2D eigenvalue weighted by atomic mass is 9.94. The predicted molar refractivity (Wildman–Crippen MR) is 69.1 cm³/mol. The lowest BCUT2D eigenvalue weighted by Gasteiger charge is -2.32. The van der Waals surface area contributed by atoms with Crippen molar-refractivity contribution in [1.82, 2.24) is 15.3 Å². The molecule has 1 unspecified atom stereocenters. The van der Waals surface area contributed by atoms with E-state index in [0.717, 1.165) is 44.8 Å². The minimum atomic E-state index is -0.278. The molecule has 2 aliphatic rings. The molecular formula is C14H21N3O. The lowest BCUT2D eigenvalue weighted by Crippen LogP contribution is -2.33. The van der Waals surface area contributed by atoms with Crippen molar-refractivity contribution in [2.24, 2.45) is 0 Å². The van der Waals surface area contributed by atoms with Gasteiger partial charge in [-0.1, -0.05) is 6.92 Å². The van der Waals surface area contributed by atoms with Gasteiger partial charge in [0.25, 0.3) is 0 Å². The maximum atomic E-state index is 5.97. The molecule has 1 saturated heterocycles. The smallest absolute Gasteiger partial charge is 0.160 e. The van der Waals surface area contributed by atoms with Crippen molar-refractivity contribution in [2.45, 2.75) is 58.2 Å². The van der Waals surface area contributed by atoms with E-state index in [1.807, 2.05) is 0 Å². The highest BCUT2D eigenvalue weighted by Crippen LogP contribution is 2.33. The highest BCUT2D eigenvalue weighted by Gasteiger charge is 2.34. The van der Waals surface area contributed by atoms with Gasteiger partial charge in [0.05, 0.1) is 5.69 Å². The Balaban J connectivity index is 2.02. The van der Waals surface area contributed by atoms with Gasteiger partial charge in [-0.05, 0) is 32.6 Å². The Morgan fingerprint density at radius 1 is 1.28 bits per heavy atom. The fraction of sp³-hybridized carbons (Fsp3) is 0.714. The molecule has 2 aliphatic heterocycles. The highest BCUT2D eigenvalue weighted by molar-refractivity contribution is 5.30. The molecule has 0 aliphatic carbocycles. The summed E-state index contributed by atoms with van der Waals surface area (Å²) in [5.41, 5.74) is 3.39. The second-order valence-corrected chi connectivity index (χ2v) is 5.41. The number of nitrogens with zero attached hydrogens (tertiary/aromatic N) is 2. The summed E-state index contributed by atoms with van der Waals surface area (Å²) in [7, 11) is 0. The van der Waals surface area contributed by atoms with E-state index in [-0.39, 0.29) is 5.60 Å². The van der Waals surface area contributed by atoms with Gasteiger partial charge in [-0.15, -0.1) is 0 Å². The summed E-state index contributed by atoms with van der Waals surface area (Å²) in [6.07, 6.45) is 4.36. The van der Waals surface area contributed by atoms with Gasteiger partial charge in [0.15, 0.2) is 5.82 Å². The average molecular weight is 247 g/mol. The molecule has 18 heavy (non-hydrogen) atoms. The zero-order valence-electron chi connectivity index (χ0n) is 11.3. The highest BCUT2D eigenvalue weighted by atomic mass is 16.5. The molecule has 4 heteroatoms. The van der Waals surface area contributed by atoms with E-state index in [9.17, 15) is 0 Å². The molecule has 3 heterocycles. The van der Waals surface area contributed by atoms with Crippen LogP contribution in [0.2, 0.25) is 0 Å². The normalized spacial score (nSPS) is 27.2. The zero-order valence-corrected chi connectivity index (χ0v) is 11.3. The first kappa shape index (κ1) is 12.1. The average Bonchev–Trinajstić information content (AvgIpc) is 2.86. The van der Waals surface area contributed by atoms with Crippen molar-refractivity contribution in [1.29, 1.82) is 0 Å². The summed E-state index contributed by atoms with van der Waals surface area (Å²) in [6, 6.07) is 0. The minimum absolute atomic E-state index is 0.278. The Labute approximate surface area is 108 Å². The minimum Gasteiger partial charge on any atom is -0.367 e. The van der Waals surface area contributed by atoms with E-state index in [1.54, 1.807) is 0 Å². The van der Waals surface area contributed by atoms with Crippen LogP contribution in [-0.2, 0) is 29.8 Å². The first-order valence-electron chi connectivity index (χ1n) is 6.97. The third-order valence-electron chi connectivity index (χ3n) is 4.05. The SMILES string of the molecule is CCc1nc(C2(C)CCCCO2)nc2c1CNC2.